The minimum atomic E-state index is 1.10. The summed E-state index contributed by atoms with van der Waals surface area (Å²) < 4.78 is 3.46. The fourth-order valence-electron chi connectivity index (χ4n) is 6.99. The van der Waals surface area contributed by atoms with Crippen LogP contribution in [0.15, 0.2) is 211 Å². The van der Waals surface area contributed by atoms with E-state index in [-0.39, 0.29) is 0 Å². The molecular formula is C49H36BrN. The van der Waals surface area contributed by atoms with Crippen LogP contribution in [0.2, 0.25) is 0 Å². The Balaban J connectivity index is 0.000000121. The van der Waals surface area contributed by atoms with Crippen LogP contribution in [0, 0.1) is 0 Å². The average Bonchev–Trinajstić information content (AvgIpc) is 3.76. The van der Waals surface area contributed by atoms with E-state index in [9.17, 15) is 0 Å². The number of benzene rings is 8. The van der Waals surface area contributed by atoms with E-state index < -0.39 is 0 Å². The lowest BCUT2D eigenvalue weighted by atomic mass is 10.1. The lowest BCUT2D eigenvalue weighted by Gasteiger charge is -2.09. The molecule has 0 fully saturated rings. The van der Waals surface area contributed by atoms with Crippen molar-refractivity contribution < 1.29 is 0 Å². The Morgan fingerprint density at radius 1 is 0.333 bits per heavy atom. The largest absolute Gasteiger partial charge is 0.309 e. The van der Waals surface area contributed by atoms with E-state index >= 15 is 0 Å². The first-order valence-corrected chi connectivity index (χ1v) is 18.1. The molecule has 1 aromatic heterocycles. The van der Waals surface area contributed by atoms with E-state index in [0.29, 0.717) is 0 Å². The molecule has 10 rings (SSSR count). The summed E-state index contributed by atoms with van der Waals surface area (Å²) in [5, 5.41) is 2.59. The molecule has 9 aromatic rings. The normalized spacial score (nSPS) is 11.2. The number of nitrogens with zero attached hydrogens (tertiary/aromatic N) is 1. The molecule has 0 radical (unpaired) electrons. The highest BCUT2D eigenvalue weighted by molar-refractivity contribution is 9.10. The summed E-state index contributed by atoms with van der Waals surface area (Å²) in [6.45, 7) is 0. The summed E-state index contributed by atoms with van der Waals surface area (Å²) in [5.74, 6) is 0. The van der Waals surface area contributed by atoms with Crippen LogP contribution in [0.3, 0.4) is 0 Å². The molecule has 244 valence electrons. The fourth-order valence-corrected chi connectivity index (χ4v) is 7.25. The van der Waals surface area contributed by atoms with E-state index in [1.54, 1.807) is 0 Å². The van der Waals surface area contributed by atoms with Crippen LogP contribution in [-0.2, 0) is 6.42 Å². The molecule has 1 heterocycles. The molecule has 0 unspecified atom stereocenters. The molecule has 2 heteroatoms. The van der Waals surface area contributed by atoms with Gasteiger partial charge in [0.15, 0.2) is 0 Å². The van der Waals surface area contributed by atoms with Crippen molar-refractivity contribution in [2.45, 2.75) is 6.42 Å². The molecule has 0 bridgehead atoms. The van der Waals surface area contributed by atoms with Crippen LogP contribution >= 0.6 is 15.9 Å². The van der Waals surface area contributed by atoms with Gasteiger partial charge in [0.2, 0.25) is 0 Å². The smallest absolute Gasteiger partial charge is 0.0541 e. The summed E-state index contributed by atoms with van der Waals surface area (Å²) in [4.78, 5) is 0. The first kappa shape index (κ1) is 32.3. The Bertz CT molecular complexity index is 2430. The average molecular weight is 719 g/mol. The van der Waals surface area contributed by atoms with Crippen LogP contribution in [0.25, 0.3) is 60.9 Å². The van der Waals surface area contributed by atoms with Crippen LogP contribution < -0.4 is 0 Å². The maximum atomic E-state index is 3.42. The van der Waals surface area contributed by atoms with E-state index in [2.05, 4.69) is 221 Å². The molecule has 1 aliphatic rings. The van der Waals surface area contributed by atoms with Crippen molar-refractivity contribution in [3.8, 4) is 39.1 Å². The highest BCUT2D eigenvalue weighted by Crippen LogP contribution is 2.36. The maximum Gasteiger partial charge on any atom is 0.0541 e. The van der Waals surface area contributed by atoms with Crippen molar-refractivity contribution in [1.29, 1.82) is 0 Å². The molecule has 0 saturated heterocycles. The third-order valence-corrected chi connectivity index (χ3v) is 10.00. The van der Waals surface area contributed by atoms with Crippen LogP contribution in [0.1, 0.15) is 11.1 Å². The second kappa shape index (κ2) is 14.9. The second-order valence-electron chi connectivity index (χ2n) is 12.6. The topological polar surface area (TPSA) is 4.93 Å². The Hall–Kier alpha value is -5.96. The number of para-hydroxylation sites is 2. The number of hydrogen-bond donors (Lipinski definition) is 0. The first-order chi connectivity index (χ1) is 25.2. The standard InChI is InChI=1S/C24H17N.C13H10.C12H9Br/c1-2-8-18(9-3-1)19-14-16-20(17-15-19)25-23-12-6-4-10-21(23)22-11-5-7-13-24(22)25;1-3-7-12-10(5-1)9-11-6-2-4-8-13(11)12;13-12-8-6-11(7-9-12)10-4-2-1-3-5-10/h1-17H;1-8H,9H2;1-9H. The monoisotopic (exact) mass is 717 g/mol. The number of hydrogen-bond acceptors (Lipinski definition) is 0. The number of aromatic nitrogens is 1. The first-order valence-electron chi connectivity index (χ1n) is 17.3. The van der Waals surface area contributed by atoms with Gasteiger partial charge in [-0.15, -0.1) is 0 Å². The predicted molar refractivity (Wildman–Crippen MR) is 220 cm³/mol. The summed E-state index contributed by atoms with van der Waals surface area (Å²) >= 11 is 3.42. The molecular weight excluding hydrogens is 682 g/mol. The zero-order valence-electron chi connectivity index (χ0n) is 28.2. The molecule has 0 atom stereocenters. The zero-order chi connectivity index (χ0) is 34.4. The summed E-state index contributed by atoms with van der Waals surface area (Å²) in [5.41, 5.74) is 14.4. The van der Waals surface area contributed by atoms with Crippen LogP contribution in [-0.4, -0.2) is 4.57 Å². The molecule has 1 nitrogen and oxygen atoms in total. The molecule has 8 aromatic carbocycles. The Labute approximate surface area is 308 Å². The number of halogens is 1. The van der Waals surface area contributed by atoms with Crippen LogP contribution in [0.5, 0.6) is 0 Å². The fraction of sp³-hybridized carbons (Fsp3) is 0.0204. The highest BCUT2D eigenvalue weighted by atomic mass is 79.9. The summed E-state index contributed by atoms with van der Waals surface area (Å²) in [7, 11) is 0. The lowest BCUT2D eigenvalue weighted by Crippen LogP contribution is -1.93. The maximum absolute atomic E-state index is 3.42. The quantitative estimate of drug-likeness (QED) is 0.171. The molecule has 0 aliphatic heterocycles. The van der Waals surface area contributed by atoms with Gasteiger partial charge in [-0.2, -0.15) is 0 Å². The molecule has 1 aliphatic carbocycles. The van der Waals surface area contributed by atoms with Crippen molar-refractivity contribution in [2.75, 3.05) is 0 Å². The van der Waals surface area contributed by atoms with Crippen molar-refractivity contribution in [1.82, 2.24) is 4.57 Å². The lowest BCUT2D eigenvalue weighted by molar-refractivity contribution is 1.18. The minimum Gasteiger partial charge on any atom is -0.309 e. The van der Waals surface area contributed by atoms with Crippen molar-refractivity contribution in [3.05, 3.63) is 222 Å². The predicted octanol–water partition coefficient (Wildman–Crippen LogP) is 13.8. The van der Waals surface area contributed by atoms with Gasteiger partial charge in [-0.05, 0) is 87.3 Å². The Morgan fingerprint density at radius 3 is 1.20 bits per heavy atom. The third kappa shape index (κ3) is 6.92. The minimum absolute atomic E-state index is 1.10. The second-order valence-corrected chi connectivity index (χ2v) is 13.6. The van der Waals surface area contributed by atoms with Crippen LogP contribution in [0.4, 0.5) is 0 Å². The summed E-state index contributed by atoms with van der Waals surface area (Å²) in [6, 6.07) is 72.6. The van der Waals surface area contributed by atoms with E-state index in [4.69, 9.17) is 0 Å². The molecule has 0 N–H and O–H groups in total. The van der Waals surface area contributed by atoms with Gasteiger partial charge in [-0.25, -0.2) is 0 Å². The molecule has 0 saturated carbocycles. The zero-order valence-corrected chi connectivity index (χ0v) is 29.7. The van der Waals surface area contributed by atoms with Gasteiger partial charge in [-0.1, -0.05) is 186 Å². The van der Waals surface area contributed by atoms with Gasteiger partial charge in [0.25, 0.3) is 0 Å². The Morgan fingerprint density at radius 2 is 0.706 bits per heavy atom. The Kier molecular flexibility index (Phi) is 9.41. The van der Waals surface area contributed by atoms with E-state index in [0.717, 1.165) is 10.9 Å². The van der Waals surface area contributed by atoms with Gasteiger partial charge in [0, 0.05) is 20.9 Å². The third-order valence-electron chi connectivity index (χ3n) is 9.47. The van der Waals surface area contributed by atoms with Crippen molar-refractivity contribution in [2.24, 2.45) is 0 Å². The van der Waals surface area contributed by atoms with Gasteiger partial charge < -0.3 is 4.57 Å². The van der Waals surface area contributed by atoms with Crippen molar-refractivity contribution in [3.63, 3.8) is 0 Å². The molecule has 51 heavy (non-hydrogen) atoms. The molecule has 0 spiro atoms. The van der Waals surface area contributed by atoms with Gasteiger partial charge in [-0.3, -0.25) is 0 Å². The van der Waals surface area contributed by atoms with E-state index in [1.165, 1.54) is 72.0 Å². The summed E-state index contributed by atoms with van der Waals surface area (Å²) in [6.07, 6.45) is 1.10. The van der Waals surface area contributed by atoms with Gasteiger partial charge >= 0.3 is 0 Å². The number of rotatable bonds is 3. The SMILES string of the molecule is Brc1ccc(-c2ccccc2)cc1.c1ccc(-c2ccc(-n3c4ccccc4c4ccccc43)cc2)cc1.c1ccc2c(c1)Cc1ccccc1-2. The van der Waals surface area contributed by atoms with Crippen molar-refractivity contribution >= 4 is 37.7 Å². The van der Waals surface area contributed by atoms with Gasteiger partial charge in [0.1, 0.15) is 0 Å². The van der Waals surface area contributed by atoms with E-state index in [1.807, 2.05) is 6.07 Å². The molecule has 0 amide bonds. The highest BCUT2D eigenvalue weighted by Gasteiger charge is 2.16. The number of fused-ring (bicyclic) bond motifs is 6. The van der Waals surface area contributed by atoms with Gasteiger partial charge in [0.05, 0.1) is 11.0 Å².